The maximum atomic E-state index is 11.8. The Bertz CT molecular complexity index is 769. The molecule has 0 spiro atoms. The van der Waals surface area contributed by atoms with Crippen LogP contribution in [0.4, 0.5) is 0 Å². The van der Waals surface area contributed by atoms with Crippen molar-refractivity contribution in [2.24, 2.45) is 5.10 Å². The van der Waals surface area contributed by atoms with Crippen LogP contribution in [-0.4, -0.2) is 30.1 Å². The van der Waals surface area contributed by atoms with Gasteiger partial charge >= 0.3 is 0 Å². The average molecular weight is 444 g/mol. The SMILES string of the molecule is COc1cc(/C=N\NC(=O)CSCc2ccc(Cl)cc2)cc(Br)c1O. The number of aromatic hydroxyl groups is 1. The molecule has 0 aromatic heterocycles. The summed E-state index contributed by atoms with van der Waals surface area (Å²) in [6, 6.07) is 10.8. The summed E-state index contributed by atoms with van der Waals surface area (Å²) < 4.78 is 5.54. The molecule has 0 bridgehead atoms. The average Bonchev–Trinajstić information content (AvgIpc) is 2.59. The number of phenolic OH excluding ortho intramolecular Hbond substituents is 1. The van der Waals surface area contributed by atoms with Gasteiger partial charge in [-0.3, -0.25) is 4.79 Å². The van der Waals surface area contributed by atoms with Crippen molar-refractivity contribution in [3.8, 4) is 11.5 Å². The Kier molecular flexibility index (Phi) is 7.61. The van der Waals surface area contributed by atoms with Gasteiger partial charge in [-0.1, -0.05) is 23.7 Å². The Morgan fingerprint density at radius 1 is 1.40 bits per heavy atom. The largest absolute Gasteiger partial charge is 0.503 e. The Labute approximate surface area is 163 Å². The number of thioether (sulfide) groups is 1. The number of carbonyl (C=O) groups is 1. The lowest BCUT2D eigenvalue weighted by Crippen LogP contribution is -2.19. The smallest absolute Gasteiger partial charge is 0.250 e. The first-order chi connectivity index (χ1) is 12.0. The summed E-state index contributed by atoms with van der Waals surface area (Å²) >= 11 is 10.5. The van der Waals surface area contributed by atoms with Crippen molar-refractivity contribution < 1.29 is 14.6 Å². The Morgan fingerprint density at radius 3 is 2.80 bits per heavy atom. The zero-order valence-corrected chi connectivity index (χ0v) is 16.5. The van der Waals surface area contributed by atoms with Crippen LogP contribution in [-0.2, 0) is 10.5 Å². The zero-order chi connectivity index (χ0) is 18.2. The fourth-order valence-corrected chi connectivity index (χ4v) is 3.24. The van der Waals surface area contributed by atoms with Crippen LogP contribution < -0.4 is 10.2 Å². The van der Waals surface area contributed by atoms with E-state index >= 15 is 0 Å². The van der Waals surface area contributed by atoms with E-state index in [0.29, 0.717) is 26.6 Å². The second-order valence-electron chi connectivity index (χ2n) is 4.97. The number of ether oxygens (including phenoxy) is 1. The van der Waals surface area contributed by atoms with Crippen LogP contribution in [0.1, 0.15) is 11.1 Å². The molecule has 2 N–H and O–H groups in total. The number of carbonyl (C=O) groups excluding carboxylic acids is 1. The molecule has 2 aromatic rings. The van der Waals surface area contributed by atoms with Gasteiger partial charge in [0.25, 0.3) is 0 Å². The van der Waals surface area contributed by atoms with Gasteiger partial charge in [-0.05, 0) is 51.3 Å². The molecule has 2 aromatic carbocycles. The van der Waals surface area contributed by atoms with Crippen molar-refractivity contribution in [3.05, 3.63) is 57.0 Å². The highest BCUT2D eigenvalue weighted by molar-refractivity contribution is 9.10. The first-order valence-corrected chi connectivity index (χ1v) is 9.52. The number of hydrogen-bond acceptors (Lipinski definition) is 5. The third-order valence-corrected chi connectivity index (χ3v) is 4.95. The molecule has 0 heterocycles. The van der Waals surface area contributed by atoms with E-state index in [1.807, 2.05) is 24.3 Å². The molecule has 1 amide bonds. The van der Waals surface area contributed by atoms with E-state index in [1.54, 1.807) is 12.1 Å². The second kappa shape index (κ2) is 9.70. The monoisotopic (exact) mass is 442 g/mol. The minimum absolute atomic E-state index is 0.0160. The predicted octanol–water partition coefficient (Wildman–Crippen LogP) is 4.20. The van der Waals surface area contributed by atoms with E-state index in [4.69, 9.17) is 16.3 Å². The standard InChI is InChI=1S/C17H16BrClN2O3S/c1-24-15-7-12(6-14(18)17(15)23)8-20-21-16(22)10-25-9-11-2-4-13(19)5-3-11/h2-8,23H,9-10H2,1H3,(H,21,22)/b20-8-. The summed E-state index contributed by atoms with van der Waals surface area (Å²) in [4.78, 5) is 11.8. The van der Waals surface area contributed by atoms with E-state index < -0.39 is 0 Å². The van der Waals surface area contributed by atoms with Gasteiger partial charge in [0, 0.05) is 10.8 Å². The molecule has 0 fully saturated rings. The number of nitrogens with one attached hydrogen (secondary N) is 1. The molecule has 0 aliphatic rings. The maximum Gasteiger partial charge on any atom is 0.250 e. The van der Waals surface area contributed by atoms with Crippen molar-refractivity contribution in [1.82, 2.24) is 5.43 Å². The molecule has 5 nitrogen and oxygen atoms in total. The number of phenols is 1. The number of hydrogen-bond donors (Lipinski definition) is 2. The van der Waals surface area contributed by atoms with E-state index in [0.717, 1.165) is 11.3 Å². The Morgan fingerprint density at radius 2 is 2.12 bits per heavy atom. The van der Waals surface area contributed by atoms with Crippen molar-refractivity contribution in [1.29, 1.82) is 0 Å². The summed E-state index contributed by atoms with van der Waals surface area (Å²) in [5.41, 5.74) is 4.25. The highest BCUT2D eigenvalue weighted by atomic mass is 79.9. The zero-order valence-electron chi connectivity index (χ0n) is 13.3. The molecule has 0 aliphatic heterocycles. The van der Waals surface area contributed by atoms with Crippen molar-refractivity contribution in [2.45, 2.75) is 5.75 Å². The lowest BCUT2D eigenvalue weighted by Gasteiger charge is -2.06. The Hall–Kier alpha value is -1.70. The molecule has 0 atom stereocenters. The highest BCUT2D eigenvalue weighted by Crippen LogP contribution is 2.34. The molecule has 2 rings (SSSR count). The van der Waals surface area contributed by atoms with Crippen molar-refractivity contribution >= 4 is 51.4 Å². The number of benzene rings is 2. The van der Waals surface area contributed by atoms with Crippen LogP contribution in [0.3, 0.4) is 0 Å². The molecular formula is C17H16BrClN2O3S. The van der Waals surface area contributed by atoms with Crippen LogP contribution in [0.2, 0.25) is 5.02 Å². The molecule has 0 saturated heterocycles. The van der Waals surface area contributed by atoms with Gasteiger partial charge in [-0.15, -0.1) is 11.8 Å². The van der Waals surface area contributed by atoms with E-state index in [2.05, 4.69) is 26.5 Å². The van der Waals surface area contributed by atoms with Crippen molar-refractivity contribution in [2.75, 3.05) is 12.9 Å². The van der Waals surface area contributed by atoms with Gasteiger partial charge in [0.05, 0.1) is 23.5 Å². The quantitative estimate of drug-likeness (QED) is 0.497. The molecule has 0 saturated carbocycles. The van der Waals surface area contributed by atoms with Gasteiger partial charge in [-0.25, -0.2) is 5.43 Å². The molecule has 0 aliphatic carbocycles. The van der Waals surface area contributed by atoms with E-state index in [1.165, 1.54) is 25.1 Å². The minimum atomic E-state index is -0.194. The number of amides is 1. The van der Waals surface area contributed by atoms with Crippen LogP contribution in [0.15, 0.2) is 46.0 Å². The Balaban J connectivity index is 1.80. The maximum absolute atomic E-state index is 11.8. The highest BCUT2D eigenvalue weighted by Gasteiger charge is 2.07. The van der Waals surface area contributed by atoms with Crippen molar-refractivity contribution in [3.63, 3.8) is 0 Å². The molecular weight excluding hydrogens is 428 g/mol. The summed E-state index contributed by atoms with van der Waals surface area (Å²) in [5, 5.41) is 14.4. The lowest BCUT2D eigenvalue weighted by atomic mass is 10.2. The summed E-state index contributed by atoms with van der Waals surface area (Å²) in [5.74, 6) is 1.15. The number of hydrazone groups is 1. The first-order valence-electron chi connectivity index (χ1n) is 7.20. The first kappa shape index (κ1) is 19.6. The molecule has 25 heavy (non-hydrogen) atoms. The number of halogens is 2. The van der Waals surface area contributed by atoms with Crippen LogP contribution in [0.25, 0.3) is 0 Å². The predicted molar refractivity (Wildman–Crippen MR) is 106 cm³/mol. The third-order valence-electron chi connectivity index (χ3n) is 3.09. The van der Waals surface area contributed by atoms with E-state index in [9.17, 15) is 9.90 Å². The lowest BCUT2D eigenvalue weighted by molar-refractivity contribution is -0.118. The second-order valence-corrected chi connectivity index (χ2v) is 7.24. The van der Waals surface area contributed by atoms with Gasteiger partial charge < -0.3 is 9.84 Å². The van der Waals surface area contributed by atoms with Gasteiger partial charge in [-0.2, -0.15) is 5.10 Å². The summed E-state index contributed by atoms with van der Waals surface area (Å²) in [7, 11) is 1.46. The normalized spacial score (nSPS) is 10.8. The number of rotatable bonds is 7. The minimum Gasteiger partial charge on any atom is -0.503 e. The topological polar surface area (TPSA) is 70.9 Å². The van der Waals surface area contributed by atoms with Gasteiger partial charge in [0.15, 0.2) is 11.5 Å². The summed E-state index contributed by atoms with van der Waals surface area (Å²) in [6.45, 7) is 0. The fraction of sp³-hybridized carbons (Fsp3) is 0.176. The van der Waals surface area contributed by atoms with Crippen LogP contribution >= 0.6 is 39.3 Å². The van der Waals surface area contributed by atoms with Gasteiger partial charge in [0.1, 0.15) is 0 Å². The van der Waals surface area contributed by atoms with Gasteiger partial charge in [0.2, 0.25) is 5.91 Å². The molecule has 8 heteroatoms. The molecule has 132 valence electrons. The molecule has 0 unspecified atom stereocenters. The number of nitrogens with zero attached hydrogens (tertiary/aromatic N) is 1. The summed E-state index contributed by atoms with van der Waals surface area (Å²) in [6.07, 6.45) is 1.48. The third kappa shape index (κ3) is 6.26. The van der Waals surface area contributed by atoms with Crippen LogP contribution in [0.5, 0.6) is 11.5 Å². The molecule has 0 radical (unpaired) electrons. The van der Waals surface area contributed by atoms with Crippen LogP contribution in [0, 0.1) is 0 Å². The van der Waals surface area contributed by atoms with E-state index in [-0.39, 0.29) is 11.7 Å². The number of methoxy groups -OCH3 is 1. The fourth-order valence-electron chi connectivity index (χ4n) is 1.88.